The Morgan fingerprint density at radius 2 is 2.22 bits per heavy atom. The number of thioether (sulfide) groups is 1. The van der Waals surface area contributed by atoms with Crippen LogP contribution in [0.4, 0.5) is 11.9 Å². The minimum atomic E-state index is 0.340. The summed E-state index contributed by atoms with van der Waals surface area (Å²) in [6.07, 6.45) is 2.64. The topological polar surface area (TPSA) is 63.2 Å². The summed E-state index contributed by atoms with van der Waals surface area (Å²) >= 11 is 1.62. The molecule has 0 saturated carbocycles. The number of ether oxygens (including phenoxy) is 1. The smallest absolute Gasteiger partial charge is 0.230 e. The monoisotopic (exact) mass is 269 g/mol. The van der Waals surface area contributed by atoms with Crippen molar-refractivity contribution in [3.8, 4) is 0 Å². The lowest BCUT2D eigenvalue weighted by molar-refractivity contribution is 0.129. The predicted molar refractivity (Wildman–Crippen MR) is 73.4 cm³/mol. The number of anilines is 2. The molecule has 0 radical (unpaired) electrons. The lowest BCUT2D eigenvalue weighted by Gasteiger charge is -2.13. The fourth-order valence-corrected chi connectivity index (χ4v) is 2.56. The highest BCUT2D eigenvalue weighted by Crippen LogP contribution is 2.22. The van der Waals surface area contributed by atoms with Crippen LogP contribution in [0.25, 0.3) is 0 Å². The van der Waals surface area contributed by atoms with Gasteiger partial charge in [0, 0.05) is 33.5 Å². The minimum Gasteiger partial charge on any atom is -0.377 e. The molecule has 1 aromatic rings. The highest BCUT2D eigenvalue weighted by molar-refractivity contribution is 7.99. The molecule has 7 heteroatoms. The lowest BCUT2D eigenvalue weighted by Crippen LogP contribution is -2.15. The number of nitrogens with one attached hydrogen (secondary N) is 1. The average molecular weight is 269 g/mol. The van der Waals surface area contributed by atoms with Crippen molar-refractivity contribution in [2.24, 2.45) is 0 Å². The Morgan fingerprint density at radius 3 is 2.83 bits per heavy atom. The maximum absolute atomic E-state index is 5.59. The summed E-state index contributed by atoms with van der Waals surface area (Å²) in [7, 11) is 5.65. The van der Waals surface area contributed by atoms with Crippen LogP contribution in [-0.4, -0.2) is 54.6 Å². The van der Waals surface area contributed by atoms with E-state index >= 15 is 0 Å². The number of hydrogen-bond donors (Lipinski definition) is 1. The second-order valence-electron chi connectivity index (χ2n) is 4.33. The van der Waals surface area contributed by atoms with Crippen LogP contribution in [0.3, 0.4) is 0 Å². The zero-order valence-corrected chi connectivity index (χ0v) is 11.8. The van der Waals surface area contributed by atoms with Crippen molar-refractivity contribution in [2.45, 2.75) is 24.1 Å². The van der Waals surface area contributed by atoms with E-state index in [-0.39, 0.29) is 0 Å². The quantitative estimate of drug-likeness (QED) is 0.807. The summed E-state index contributed by atoms with van der Waals surface area (Å²) in [5, 5.41) is 3.70. The lowest BCUT2D eigenvalue weighted by atomic mass is 10.3. The van der Waals surface area contributed by atoms with Crippen molar-refractivity contribution < 1.29 is 4.74 Å². The molecule has 1 aliphatic rings. The van der Waals surface area contributed by atoms with E-state index in [0.29, 0.717) is 18.0 Å². The Balaban J connectivity index is 2.03. The zero-order chi connectivity index (χ0) is 13.0. The van der Waals surface area contributed by atoms with Crippen molar-refractivity contribution in [1.29, 1.82) is 0 Å². The maximum atomic E-state index is 5.59. The normalized spacial score (nSPS) is 18.9. The standard InChI is InChI=1S/C11H19N5OS/c1-12-9-13-10(16(2)3)15-11(14-9)18-7-8-5-4-6-17-8/h8H,4-7H2,1-3H3,(H,12,13,14,15). The van der Waals surface area contributed by atoms with Gasteiger partial charge in [-0.15, -0.1) is 0 Å². The SMILES string of the molecule is CNc1nc(SCC2CCCO2)nc(N(C)C)n1. The molecule has 0 aliphatic carbocycles. The molecule has 1 aromatic heterocycles. The van der Waals surface area contributed by atoms with Crippen molar-refractivity contribution in [1.82, 2.24) is 15.0 Å². The van der Waals surface area contributed by atoms with E-state index in [4.69, 9.17) is 4.74 Å². The van der Waals surface area contributed by atoms with Crippen LogP contribution in [-0.2, 0) is 4.74 Å². The van der Waals surface area contributed by atoms with Crippen molar-refractivity contribution in [3.63, 3.8) is 0 Å². The number of hydrogen-bond acceptors (Lipinski definition) is 7. The maximum Gasteiger partial charge on any atom is 0.230 e. The van der Waals surface area contributed by atoms with Crippen molar-refractivity contribution in [3.05, 3.63) is 0 Å². The van der Waals surface area contributed by atoms with Gasteiger partial charge in [-0.3, -0.25) is 0 Å². The molecule has 100 valence electrons. The predicted octanol–water partition coefficient (Wildman–Crippen LogP) is 1.25. The average Bonchev–Trinajstić information content (AvgIpc) is 2.89. The first kappa shape index (κ1) is 13.4. The molecule has 1 N–H and O–H groups in total. The number of aromatic nitrogens is 3. The Bertz CT molecular complexity index is 395. The van der Waals surface area contributed by atoms with Gasteiger partial charge < -0.3 is 15.0 Å². The third-order valence-electron chi connectivity index (χ3n) is 2.65. The van der Waals surface area contributed by atoms with Gasteiger partial charge in [0.2, 0.25) is 11.9 Å². The fraction of sp³-hybridized carbons (Fsp3) is 0.727. The van der Waals surface area contributed by atoms with E-state index in [2.05, 4.69) is 20.3 Å². The summed E-state index contributed by atoms with van der Waals surface area (Å²) < 4.78 is 5.59. The van der Waals surface area contributed by atoms with E-state index in [1.54, 1.807) is 11.8 Å². The van der Waals surface area contributed by atoms with Crippen LogP contribution >= 0.6 is 11.8 Å². The van der Waals surface area contributed by atoms with Crippen LogP contribution in [0.5, 0.6) is 0 Å². The van der Waals surface area contributed by atoms with E-state index in [9.17, 15) is 0 Å². The highest BCUT2D eigenvalue weighted by atomic mass is 32.2. The molecule has 0 bridgehead atoms. The summed E-state index contributed by atoms with van der Waals surface area (Å²) in [6, 6.07) is 0. The second kappa shape index (κ2) is 6.19. The molecule has 1 aliphatic heterocycles. The van der Waals surface area contributed by atoms with E-state index < -0.39 is 0 Å². The molecular formula is C11H19N5OS. The van der Waals surface area contributed by atoms with Gasteiger partial charge in [0.1, 0.15) is 0 Å². The van der Waals surface area contributed by atoms with Gasteiger partial charge in [-0.05, 0) is 12.8 Å². The van der Waals surface area contributed by atoms with Gasteiger partial charge in [0.25, 0.3) is 0 Å². The molecule has 1 saturated heterocycles. The Kier molecular flexibility index (Phi) is 4.60. The van der Waals surface area contributed by atoms with E-state index in [1.807, 2.05) is 26.0 Å². The van der Waals surface area contributed by atoms with Crippen molar-refractivity contribution in [2.75, 3.05) is 43.7 Å². The highest BCUT2D eigenvalue weighted by Gasteiger charge is 2.17. The Morgan fingerprint density at radius 1 is 1.39 bits per heavy atom. The molecule has 0 aromatic carbocycles. The summed E-state index contributed by atoms with van der Waals surface area (Å²) in [5.41, 5.74) is 0. The van der Waals surface area contributed by atoms with Crippen LogP contribution < -0.4 is 10.2 Å². The molecule has 6 nitrogen and oxygen atoms in total. The van der Waals surface area contributed by atoms with E-state index in [1.165, 1.54) is 0 Å². The van der Waals surface area contributed by atoms with Gasteiger partial charge in [-0.25, -0.2) is 0 Å². The summed E-state index contributed by atoms with van der Waals surface area (Å²) in [5.74, 6) is 2.17. The largest absolute Gasteiger partial charge is 0.377 e. The number of nitrogens with zero attached hydrogens (tertiary/aromatic N) is 4. The molecule has 2 rings (SSSR count). The minimum absolute atomic E-state index is 0.340. The zero-order valence-electron chi connectivity index (χ0n) is 11.0. The van der Waals surface area contributed by atoms with Gasteiger partial charge >= 0.3 is 0 Å². The fourth-order valence-electron chi connectivity index (χ4n) is 1.67. The first-order chi connectivity index (χ1) is 8.69. The van der Waals surface area contributed by atoms with Crippen LogP contribution in [0.2, 0.25) is 0 Å². The second-order valence-corrected chi connectivity index (χ2v) is 5.32. The molecule has 1 atom stereocenters. The summed E-state index contributed by atoms with van der Waals surface area (Å²) in [6.45, 7) is 0.882. The van der Waals surface area contributed by atoms with Crippen molar-refractivity contribution >= 4 is 23.7 Å². The molecule has 2 heterocycles. The van der Waals surface area contributed by atoms with Crippen LogP contribution in [0, 0.1) is 0 Å². The van der Waals surface area contributed by atoms with E-state index in [0.717, 1.165) is 30.4 Å². The molecule has 0 spiro atoms. The third kappa shape index (κ3) is 3.46. The third-order valence-corrected chi connectivity index (χ3v) is 3.63. The van der Waals surface area contributed by atoms with Gasteiger partial charge in [-0.1, -0.05) is 11.8 Å². The first-order valence-electron chi connectivity index (χ1n) is 6.04. The van der Waals surface area contributed by atoms with Gasteiger partial charge in [0.05, 0.1) is 6.10 Å². The molecule has 1 unspecified atom stereocenters. The Hall–Kier alpha value is -1.08. The van der Waals surface area contributed by atoms with Crippen LogP contribution in [0.15, 0.2) is 5.16 Å². The number of rotatable bonds is 5. The molecule has 0 amide bonds. The molecule has 1 fully saturated rings. The molecular weight excluding hydrogens is 250 g/mol. The molecule has 18 heavy (non-hydrogen) atoms. The van der Waals surface area contributed by atoms with Gasteiger partial charge in [-0.2, -0.15) is 15.0 Å². The first-order valence-corrected chi connectivity index (χ1v) is 7.03. The summed E-state index contributed by atoms with van der Waals surface area (Å²) in [4.78, 5) is 14.9. The Labute approximate surface area is 112 Å². The van der Waals surface area contributed by atoms with Gasteiger partial charge in [0.15, 0.2) is 5.16 Å². The van der Waals surface area contributed by atoms with Crippen LogP contribution in [0.1, 0.15) is 12.8 Å².